The first-order valence-electron chi connectivity index (χ1n) is 6.11. The molecule has 1 aromatic carbocycles. The Morgan fingerprint density at radius 2 is 2.25 bits per heavy atom. The number of ether oxygens (including phenoxy) is 2. The van der Waals surface area contributed by atoms with Crippen LogP contribution in [0.25, 0.3) is 0 Å². The smallest absolute Gasteiger partial charge is 0.346 e. The molecule has 20 heavy (non-hydrogen) atoms. The highest BCUT2D eigenvalue weighted by atomic mass is 16.5. The molecule has 0 saturated heterocycles. The van der Waals surface area contributed by atoms with Crippen LogP contribution in [0.15, 0.2) is 24.3 Å². The van der Waals surface area contributed by atoms with Crippen LogP contribution < -0.4 is 15.4 Å². The third kappa shape index (κ3) is 2.59. The van der Waals surface area contributed by atoms with E-state index in [1.54, 1.807) is 24.3 Å². The Kier molecular flexibility index (Phi) is 4.21. The first kappa shape index (κ1) is 14.3. The number of carboxylic acids is 1. The number of nitrogens with two attached hydrogens (primary N) is 1. The van der Waals surface area contributed by atoms with Gasteiger partial charge in [0.05, 0.1) is 12.2 Å². The molecule has 7 nitrogen and oxygen atoms in total. The lowest BCUT2D eigenvalue weighted by molar-refractivity contribution is -0.145. The van der Waals surface area contributed by atoms with Gasteiger partial charge in [0.15, 0.2) is 0 Å². The second-order valence-electron chi connectivity index (χ2n) is 4.32. The summed E-state index contributed by atoms with van der Waals surface area (Å²) < 4.78 is 10.4. The molecule has 0 aromatic heterocycles. The molecule has 2 unspecified atom stereocenters. The Bertz CT molecular complexity index is 515. The Morgan fingerprint density at radius 1 is 1.55 bits per heavy atom. The molecule has 1 amide bonds. The minimum absolute atomic E-state index is 0.0204. The van der Waals surface area contributed by atoms with E-state index in [2.05, 4.69) is 0 Å². The van der Waals surface area contributed by atoms with Crippen molar-refractivity contribution in [3.63, 3.8) is 0 Å². The van der Waals surface area contributed by atoms with Crippen molar-refractivity contribution in [2.45, 2.75) is 12.2 Å². The second-order valence-corrected chi connectivity index (χ2v) is 4.32. The van der Waals surface area contributed by atoms with Crippen LogP contribution in [0.1, 0.15) is 0 Å². The lowest BCUT2D eigenvalue weighted by Gasteiger charge is -2.34. The normalized spacial score (nSPS) is 18.9. The van der Waals surface area contributed by atoms with Gasteiger partial charge in [0, 0.05) is 13.7 Å². The van der Waals surface area contributed by atoms with E-state index in [9.17, 15) is 9.59 Å². The van der Waals surface area contributed by atoms with Crippen LogP contribution in [0, 0.1) is 0 Å². The zero-order valence-corrected chi connectivity index (χ0v) is 11.0. The van der Waals surface area contributed by atoms with Gasteiger partial charge in [0.2, 0.25) is 6.10 Å². The van der Waals surface area contributed by atoms with Crippen molar-refractivity contribution in [3.8, 4) is 5.75 Å². The molecule has 2 atom stereocenters. The molecule has 3 N–H and O–H groups in total. The van der Waals surface area contributed by atoms with E-state index in [4.69, 9.17) is 20.3 Å². The van der Waals surface area contributed by atoms with Crippen molar-refractivity contribution in [1.29, 1.82) is 0 Å². The van der Waals surface area contributed by atoms with Gasteiger partial charge in [-0.2, -0.15) is 0 Å². The summed E-state index contributed by atoms with van der Waals surface area (Å²) in [6.07, 6.45) is -1.92. The topological polar surface area (TPSA) is 102 Å². The number of aliphatic carboxylic acids is 1. The van der Waals surface area contributed by atoms with Crippen LogP contribution in [0.5, 0.6) is 5.75 Å². The molecular weight excluding hydrogens is 264 g/mol. The second kappa shape index (κ2) is 5.89. The highest BCUT2D eigenvalue weighted by molar-refractivity contribution is 5.99. The number of methoxy groups -OCH3 is 1. The third-order valence-electron chi connectivity index (χ3n) is 3.09. The highest BCUT2D eigenvalue weighted by Gasteiger charge is 2.35. The van der Waals surface area contributed by atoms with Gasteiger partial charge in [-0.15, -0.1) is 0 Å². The van der Waals surface area contributed by atoms with Crippen molar-refractivity contribution in [1.82, 2.24) is 0 Å². The van der Waals surface area contributed by atoms with Crippen molar-refractivity contribution in [3.05, 3.63) is 24.3 Å². The molecule has 0 aliphatic carbocycles. The zero-order valence-electron chi connectivity index (χ0n) is 11.0. The zero-order chi connectivity index (χ0) is 14.7. The number of anilines is 1. The van der Waals surface area contributed by atoms with Crippen LogP contribution in [0.2, 0.25) is 0 Å². The number of carbonyl (C=O) groups excluding carboxylic acids is 1. The number of carbonyl (C=O) groups is 2. The van der Waals surface area contributed by atoms with Crippen LogP contribution in [0.3, 0.4) is 0 Å². The molecule has 1 aromatic rings. The van der Waals surface area contributed by atoms with Crippen molar-refractivity contribution in [2.75, 3.05) is 25.1 Å². The fourth-order valence-corrected chi connectivity index (χ4v) is 2.04. The van der Waals surface area contributed by atoms with E-state index < -0.39 is 18.2 Å². The summed E-state index contributed by atoms with van der Waals surface area (Å²) >= 11 is 0. The summed E-state index contributed by atoms with van der Waals surface area (Å²) in [5.74, 6) is -1.15. The van der Waals surface area contributed by atoms with Crippen LogP contribution in [-0.4, -0.2) is 49.4 Å². The molecule has 108 valence electrons. The van der Waals surface area contributed by atoms with Gasteiger partial charge in [-0.3, -0.25) is 4.79 Å². The first-order valence-corrected chi connectivity index (χ1v) is 6.11. The maximum absolute atomic E-state index is 12.4. The number of amides is 1. The van der Waals surface area contributed by atoms with Gasteiger partial charge < -0.3 is 25.2 Å². The standard InChI is InChI=1S/C13H16N2O5/c1-19-10(6-14)12(16)15-7-11(13(17)18)20-9-5-3-2-4-8(9)15/h2-5,10-11H,6-7,14H2,1H3,(H,17,18). The number of rotatable bonds is 4. The Morgan fingerprint density at radius 3 is 2.85 bits per heavy atom. The molecule has 0 saturated carbocycles. The Balaban J connectivity index is 2.36. The summed E-state index contributed by atoms with van der Waals surface area (Å²) in [6.45, 7) is -0.0579. The SMILES string of the molecule is COC(CN)C(=O)N1CC(C(=O)O)Oc2ccccc21. The van der Waals surface area contributed by atoms with E-state index in [1.807, 2.05) is 0 Å². The first-order chi connectivity index (χ1) is 9.58. The number of benzene rings is 1. The third-order valence-corrected chi connectivity index (χ3v) is 3.09. The van der Waals surface area contributed by atoms with Gasteiger partial charge in [-0.1, -0.05) is 12.1 Å². The average Bonchev–Trinajstić information content (AvgIpc) is 2.47. The maximum Gasteiger partial charge on any atom is 0.346 e. The number of fused-ring (bicyclic) bond motifs is 1. The maximum atomic E-state index is 12.4. The number of nitrogens with zero attached hydrogens (tertiary/aromatic N) is 1. The molecular formula is C13H16N2O5. The molecule has 1 aliphatic heterocycles. The largest absolute Gasteiger partial charge is 0.478 e. The van der Waals surface area contributed by atoms with Crippen molar-refractivity contribution in [2.24, 2.45) is 5.73 Å². The fraction of sp³-hybridized carbons (Fsp3) is 0.385. The van der Waals surface area contributed by atoms with E-state index in [-0.39, 0.29) is 19.0 Å². The number of carboxylic acid groups (broad SMARTS) is 1. The molecule has 7 heteroatoms. The van der Waals surface area contributed by atoms with E-state index in [0.29, 0.717) is 11.4 Å². The molecule has 0 fully saturated rings. The van der Waals surface area contributed by atoms with Gasteiger partial charge in [-0.25, -0.2) is 4.79 Å². The Labute approximate surface area is 115 Å². The van der Waals surface area contributed by atoms with Crippen LogP contribution in [0.4, 0.5) is 5.69 Å². The van der Waals surface area contributed by atoms with Crippen molar-refractivity contribution < 1.29 is 24.2 Å². The molecule has 1 aliphatic rings. The number of hydrogen-bond acceptors (Lipinski definition) is 5. The number of para-hydroxylation sites is 2. The number of hydrogen-bond donors (Lipinski definition) is 2. The molecule has 0 bridgehead atoms. The van der Waals surface area contributed by atoms with Crippen molar-refractivity contribution >= 4 is 17.6 Å². The molecule has 0 radical (unpaired) electrons. The van der Waals surface area contributed by atoms with Crippen LogP contribution >= 0.6 is 0 Å². The monoisotopic (exact) mass is 280 g/mol. The fourth-order valence-electron chi connectivity index (χ4n) is 2.04. The molecule has 2 rings (SSSR count). The Hall–Kier alpha value is -2.12. The van der Waals surface area contributed by atoms with Gasteiger partial charge >= 0.3 is 5.97 Å². The van der Waals surface area contributed by atoms with E-state index in [0.717, 1.165) is 0 Å². The summed E-state index contributed by atoms with van der Waals surface area (Å²) in [6, 6.07) is 6.76. The minimum atomic E-state index is -1.13. The van der Waals surface area contributed by atoms with Gasteiger partial charge in [0.25, 0.3) is 5.91 Å². The average molecular weight is 280 g/mol. The predicted molar refractivity (Wildman–Crippen MR) is 70.7 cm³/mol. The highest BCUT2D eigenvalue weighted by Crippen LogP contribution is 2.33. The summed E-state index contributed by atoms with van der Waals surface area (Å²) in [5.41, 5.74) is 6.00. The van der Waals surface area contributed by atoms with E-state index in [1.165, 1.54) is 12.0 Å². The minimum Gasteiger partial charge on any atom is -0.478 e. The predicted octanol–water partition coefficient (Wildman–Crippen LogP) is -0.161. The van der Waals surface area contributed by atoms with Crippen LogP contribution in [-0.2, 0) is 14.3 Å². The lowest BCUT2D eigenvalue weighted by Crippen LogP contribution is -2.51. The summed E-state index contributed by atoms with van der Waals surface area (Å²) in [7, 11) is 1.39. The molecule has 0 spiro atoms. The summed E-state index contributed by atoms with van der Waals surface area (Å²) in [4.78, 5) is 24.8. The summed E-state index contributed by atoms with van der Waals surface area (Å²) in [5, 5.41) is 9.10. The lowest BCUT2D eigenvalue weighted by atomic mass is 10.1. The van der Waals surface area contributed by atoms with Gasteiger partial charge in [-0.05, 0) is 12.1 Å². The van der Waals surface area contributed by atoms with Gasteiger partial charge in [0.1, 0.15) is 11.9 Å². The van der Waals surface area contributed by atoms with E-state index >= 15 is 0 Å². The molecule has 1 heterocycles. The quantitative estimate of drug-likeness (QED) is 0.794.